The lowest BCUT2D eigenvalue weighted by atomic mass is 10.1. The van der Waals surface area contributed by atoms with Crippen molar-refractivity contribution in [2.75, 3.05) is 13.6 Å². The van der Waals surface area contributed by atoms with Gasteiger partial charge in [-0.15, -0.1) is 0 Å². The fourth-order valence-corrected chi connectivity index (χ4v) is 2.12. The van der Waals surface area contributed by atoms with E-state index in [0.29, 0.717) is 10.8 Å². The van der Waals surface area contributed by atoms with Gasteiger partial charge in [0.15, 0.2) is 0 Å². The van der Waals surface area contributed by atoms with Gasteiger partial charge in [-0.25, -0.2) is 4.98 Å². The molecular formula is C14H12ClF3N2O. The first-order valence-corrected chi connectivity index (χ1v) is 6.53. The van der Waals surface area contributed by atoms with Gasteiger partial charge in [0.2, 0.25) is 0 Å². The highest BCUT2D eigenvalue weighted by Crippen LogP contribution is 2.23. The number of rotatable bonds is 3. The molecule has 3 nitrogen and oxygen atoms in total. The van der Waals surface area contributed by atoms with Crippen molar-refractivity contribution in [3.8, 4) is 0 Å². The predicted molar refractivity (Wildman–Crippen MR) is 74.4 cm³/mol. The zero-order valence-corrected chi connectivity index (χ0v) is 11.9. The molecule has 7 heteroatoms. The summed E-state index contributed by atoms with van der Waals surface area (Å²) in [5.74, 6) is -0.591. The zero-order valence-electron chi connectivity index (χ0n) is 11.1. The predicted octanol–water partition coefficient (Wildman–Crippen LogP) is 3.91. The molecule has 0 atom stereocenters. The van der Waals surface area contributed by atoms with Gasteiger partial charge in [0.1, 0.15) is 10.8 Å². The van der Waals surface area contributed by atoms with Crippen molar-refractivity contribution >= 4 is 28.3 Å². The van der Waals surface area contributed by atoms with Crippen LogP contribution >= 0.6 is 11.6 Å². The molecule has 0 bridgehead atoms. The standard InChI is InChI=1S/C14H12ClF3N2O/c1-20(7-6-14(16,17)18)13(21)11-8-9-4-2-3-5-10(9)12(15)19-11/h2-5,8H,6-7H2,1H3. The number of aromatic nitrogens is 1. The Morgan fingerprint density at radius 1 is 1.33 bits per heavy atom. The van der Waals surface area contributed by atoms with E-state index in [9.17, 15) is 18.0 Å². The third-order valence-corrected chi connectivity index (χ3v) is 3.28. The Labute approximate surface area is 124 Å². The summed E-state index contributed by atoms with van der Waals surface area (Å²) in [6.07, 6.45) is -5.36. The number of hydrogen-bond donors (Lipinski definition) is 0. The largest absolute Gasteiger partial charge is 0.390 e. The van der Waals surface area contributed by atoms with E-state index >= 15 is 0 Å². The molecule has 112 valence electrons. The van der Waals surface area contributed by atoms with E-state index in [1.807, 2.05) is 0 Å². The fourth-order valence-electron chi connectivity index (χ4n) is 1.86. The van der Waals surface area contributed by atoms with Crippen LogP contribution in [0.15, 0.2) is 30.3 Å². The fraction of sp³-hybridized carbons (Fsp3) is 0.286. The van der Waals surface area contributed by atoms with Gasteiger partial charge < -0.3 is 4.90 Å². The molecule has 0 saturated heterocycles. The zero-order chi connectivity index (χ0) is 15.6. The number of fused-ring (bicyclic) bond motifs is 1. The lowest BCUT2D eigenvalue weighted by Crippen LogP contribution is -2.31. The second kappa shape index (κ2) is 5.89. The Morgan fingerprint density at radius 2 is 2.00 bits per heavy atom. The second-order valence-corrected chi connectivity index (χ2v) is 4.97. The number of carbonyl (C=O) groups excluding carboxylic acids is 1. The molecule has 2 rings (SSSR count). The summed E-state index contributed by atoms with van der Waals surface area (Å²) in [5.41, 5.74) is 0.0309. The summed E-state index contributed by atoms with van der Waals surface area (Å²) in [6, 6.07) is 8.60. The van der Waals surface area contributed by atoms with Crippen LogP contribution in [0.3, 0.4) is 0 Å². The summed E-state index contributed by atoms with van der Waals surface area (Å²) in [4.78, 5) is 17.0. The number of alkyl halides is 3. The van der Waals surface area contributed by atoms with Crippen LogP contribution in [0.25, 0.3) is 10.8 Å². The van der Waals surface area contributed by atoms with Crippen molar-refractivity contribution in [2.24, 2.45) is 0 Å². The number of benzene rings is 1. The second-order valence-electron chi connectivity index (χ2n) is 4.61. The highest BCUT2D eigenvalue weighted by Gasteiger charge is 2.28. The van der Waals surface area contributed by atoms with Crippen LogP contribution in [-0.4, -0.2) is 35.6 Å². The Hall–Kier alpha value is -1.82. The number of carbonyl (C=O) groups is 1. The highest BCUT2D eigenvalue weighted by molar-refractivity contribution is 6.34. The third-order valence-electron chi connectivity index (χ3n) is 2.99. The van der Waals surface area contributed by atoms with Crippen molar-refractivity contribution in [1.29, 1.82) is 0 Å². The molecule has 0 aliphatic carbocycles. The topological polar surface area (TPSA) is 33.2 Å². The Balaban J connectivity index is 2.23. The van der Waals surface area contributed by atoms with Crippen molar-refractivity contribution < 1.29 is 18.0 Å². The van der Waals surface area contributed by atoms with Crippen molar-refractivity contribution in [3.63, 3.8) is 0 Å². The maximum absolute atomic E-state index is 12.2. The van der Waals surface area contributed by atoms with Crippen molar-refractivity contribution in [3.05, 3.63) is 41.2 Å². The van der Waals surface area contributed by atoms with E-state index in [0.717, 1.165) is 4.90 Å². The lowest BCUT2D eigenvalue weighted by molar-refractivity contribution is -0.136. The minimum absolute atomic E-state index is 0.0309. The minimum atomic E-state index is -4.30. The molecule has 0 N–H and O–H groups in total. The first kappa shape index (κ1) is 15.6. The van der Waals surface area contributed by atoms with Gasteiger partial charge in [0, 0.05) is 19.0 Å². The van der Waals surface area contributed by atoms with E-state index in [2.05, 4.69) is 4.98 Å². The normalized spacial score (nSPS) is 11.7. The monoisotopic (exact) mass is 316 g/mol. The number of nitrogens with zero attached hydrogens (tertiary/aromatic N) is 2. The molecule has 1 heterocycles. The number of halogens is 4. The molecule has 0 radical (unpaired) electrons. The molecule has 21 heavy (non-hydrogen) atoms. The summed E-state index contributed by atoms with van der Waals surface area (Å²) in [7, 11) is 1.30. The average Bonchev–Trinajstić information content (AvgIpc) is 2.43. The molecule has 0 spiro atoms. The molecule has 1 aromatic carbocycles. The smallest absolute Gasteiger partial charge is 0.340 e. The number of hydrogen-bond acceptors (Lipinski definition) is 2. The number of pyridine rings is 1. The summed E-state index contributed by atoms with van der Waals surface area (Å²) >= 11 is 6.00. The van der Waals surface area contributed by atoms with E-state index in [1.54, 1.807) is 24.3 Å². The maximum Gasteiger partial charge on any atom is 0.390 e. The summed E-state index contributed by atoms with van der Waals surface area (Å²) < 4.78 is 36.5. The van der Waals surface area contributed by atoms with Crippen molar-refractivity contribution in [1.82, 2.24) is 9.88 Å². The third kappa shape index (κ3) is 3.85. The van der Waals surface area contributed by atoms with Crippen molar-refractivity contribution in [2.45, 2.75) is 12.6 Å². The first-order valence-electron chi connectivity index (χ1n) is 6.15. The van der Waals surface area contributed by atoms with Crippen LogP contribution in [0.4, 0.5) is 13.2 Å². The molecule has 1 aromatic heterocycles. The molecular weight excluding hydrogens is 305 g/mol. The van der Waals surface area contributed by atoms with Gasteiger partial charge in [-0.1, -0.05) is 35.9 Å². The van der Waals surface area contributed by atoms with Gasteiger partial charge in [0.05, 0.1) is 6.42 Å². The first-order chi connectivity index (χ1) is 9.78. The minimum Gasteiger partial charge on any atom is -0.340 e. The molecule has 0 aliphatic rings. The van der Waals surface area contributed by atoms with E-state index in [4.69, 9.17) is 11.6 Å². The Morgan fingerprint density at radius 3 is 2.67 bits per heavy atom. The summed E-state index contributed by atoms with van der Waals surface area (Å²) in [5, 5.41) is 1.56. The van der Waals surface area contributed by atoms with Crippen LogP contribution in [-0.2, 0) is 0 Å². The SMILES string of the molecule is CN(CCC(F)(F)F)C(=O)c1cc2ccccc2c(Cl)n1. The van der Waals surface area contributed by atoms with Crippen LogP contribution in [0.5, 0.6) is 0 Å². The van der Waals surface area contributed by atoms with Crippen LogP contribution in [0, 0.1) is 0 Å². The average molecular weight is 317 g/mol. The summed E-state index contributed by atoms with van der Waals surface area (Å²) in [6.45, 7) is -0.422. The lowest BCUT2D eigenvalue weighted by Gasteiger charge is -2.18. The highest BCUT2D eigenvalue weighted by atomic mass is 35.5. The van der Waals surface area contributed by atoms with Gasteiger partial charge in [-0.3, -0.25) is 4.79 Å². The van der Waals surface area contributed by atoms with Gasteiger partial charge in [-0.05, 0) is 11.5 Å². The van der Waals surface area contributed by atoms with Crippen LogP contribution in [0.2, 0.25) is 5.15 Å². The van der Waals surface area contributed by atoms with E-state index < -0.39 is 25.0 Å². The van der Waals surface area contributed by atoms with Gasteiger partial charge >= 0.3 is 6.18 Å². The molecule has 0 fully saturated rings. The Bertz CT molecular complexity index is 673. The molecule has 0 aliphatic heterocycles. The van der Waals surface area contributed by atoms with Crippen LogP contribution < -0.4 is 0 Å². The quantitative estimate of drug-likeness (QED) is 0.804. The number of amides is 1. The van der Waals surface area contributed by atoms with E-state index in [-0.39, 0.29) is 10.8 Å². The molecule has 0 saturated carbocycles. The molecule has 1 amide bonds. The molecule has 2 aromatic rings. The Kier molecular flexibility index (Phi) is 4.37. The van der Waals surface area contributed by atoms with Crippen LogP contribution in [0.1, 0.15) is 16.9 Å². The molecule has 0 unspecified atom stereocenters. The maximum atomic E-state index is 12.2. The van der Waals surface area contributed by atoms with Gasteiger partial charge in [-0.2, -0.15) is 13.2 Å². The van der Waals surface area contributed by atoms with Gasteiger partial charge in [0.25, 0.3) is 5.91 Å². The van der Waals surface area contributed by atoms with E-state index in [1.165, 1.54) is 13.1 Å².